The summed E-state index contributed by atoms with van der Waals surface area (Å²) >= 11 is 3.31. The summed E-state index contributed by atoms with van der Waals surface area (Å²) < 4.78 is 4.68. The second-order valence-corrected chi connectivity index (χ2v) is 4.44. The van der Waals surface area contributed by atoms with E-state index < -0.39 is 0 Å². The number of alkyl halides is 1. The standard InChI is InChI=1S/C7H11BrO2/c1-5(2)10-6(9)7(8)3-4-7/h5H,3-4H2,1-2H3. The molecule has 0 saturated heterocycles. The van der Waals surface area contributed by atoms with Crippen LogP contribution in [0.25, 0.3) is 0 Å². The summed E-state index contributed by atoms with van der Waals surface area (Å²) in [6.07, 6.45) is 1.83. The summed E-state index contributed by atoms with van der Waals surface area (Å²) in [6.45, 7) is 3.72. The highest BCUT2D eigenvalue weighted by Gasteiger charge is 2.49. The van der Waals surface area contributed by atoms with Crippen LogP contribution in [-0.2, 0) is 9.53 Å². The summed E-state index contributed by atoms with van der Waals surface area (Å²) in [5, 5.41) is 0. The zero-order chi connectivity index (χ0) is 7.78. The van der Waals surface area contributed by atoms with Gasteiger partial charge in [-0.25, -0.2) is 0 Å². The molecule has 0 amide bonds. The van der Waals surface area contributed by atoms with Crippen LogP contribution in [0.15, 0.2) is 0 Å². The van der Waals surface area contributed by atoms with Gasteiger partial charge in [-0.05, 0) is 26.7 Å². The van der Waals surface area contributed by atoms with Gasteiger partial charge in [0.15, 0.2) is 0 Å². The first kappa shape index (κ1) is 8.05. The van der Waals surface area contributed by atoms with Crippen LogP contribution in [0.1, 0.15) is 26.7 Å². The molecule has 0 aliphatic heterocycles. The normalized spacial score (nSPS) is 20.8. The van der Waals surface area contributed by atoms with Crippen molar-refractivity contribution in [1.82, 2.24) is 0 Å². The largest absolute Gasteiger partial charge is 0.462 e. The lowest BCUT2D eigenvalue weighted by Crippen LogP contribution is -2.21. The third-order valence-electron chi connectivity index (χ3n) is 1.40. The molecule has 0 bridgehead atoms. The summed E-state index contributed by atoms with van der Waals surface area (Å²) in [4.78, 5) is 11.1. The van der Waals surface area contributed by atoms with Crippen LogP contribution in [0.3, 0.4) is 0 Å². The fourth-order valence-electron chi connectivity index (χ4n) is 0.634. The van der Waals surface area contributed by atoms with Crippen molar-refractivity contribution in [3.8, 4) is 0 Å². The maximum Gasteiger partial charge on any atom is 0.323 e. The molecular formula is C7H11BrO2. The highest BCUT2D eigenvalue weighted by molar-refractivity contribution is 9.10. The van der Waals surface area contributed by atoms with Gasteiger partial charge in [-0.2, -0.15) is 0 Å². The summed E-state index contributed by atoms with van der Waals surface area (Å²) in [6, 6.07) is 0. The van der Waals surface area contributed by atoms with E-state index in [2.05, 4.69) is 15.9 Å². The quantitative estimate of drug-likeness (QED) is 0.510. The van der Waals surface area contributed by atoms with Gasteiger partial charge in [0.2, 0.25) is 0 Å². The predicted molar refractivity (Wildman–Crippen MR) is 42.1 cm³/mol. The van der Waals surface area contributed by atoms with Crippen LogP contribution in [0.5, 0.6) is 0 Å². The molecule has 1 aliphatic rings. The Morgan fingerprint density at radius 1 is 1.60 bits per heavy atom. The molecular weight excluding hydrogens is 196 g/mol. The second kappa shape index (κ2) is 2.53. The Balaban J connectivity index is 2.35. The number of rotatable bonds is 2. The molecule has 2 nitrogen and oxygen atoms in total. The molecule has 0 radical (unpaired) electrons. The van der Waals surface area contributed by atoms with E-state index in [1.54, 1.807) is 0 Å². The SMILES string of the molecule is CC(C)OC(=O)C1(Br)CC1. The van der Waals surface area contributed by atoms with E-state index in [0.29, 0.717) is 0 Å². The van der Waals surface area contributed by atoms with Crippen LogP contribution in [-0.4, -0.2) is 16.4 Å². The smallest absolute Gasteiger partial charge is 0.323 e. The average molecular weight is 207 g/mol. The van der Waals surface area contributed by atoms with Gasteiger partial charge in [-0.1, -0.05) is 15.9 Å². The molecule has 1 rings (SSSR count). The third-order valence-corrected chi connectivity index (χ3v) is 2.51. The topological polar surface area (TPSA) is 26.3 Å². The minimum absolute atomic E-state index is 0.00234. The predicted octanol–water partition coefficient (Wildman–Crippen LogP) is 1.87. The molecule has 1 aliphatic carbocycles. The van der Waals surface area contributed by atoms with Crippen molar-refractivity contribution >= 4 is 21.9 Å². The lowest BCUT2D eigenvalue weighted by Gasteiger charge is -2.10. The first-order chi connectivity index (χ1) is 4.54. The van der Waals surface area contributed by atoms with E-state index in [9.17, 15) is 4.79 Å². The minimum atomic E-state index is -0.308. The zero-order valence-electron chi connectivity index (χ0n) is 6.19. The van der Waals surface area contributed by atoms with Gasteiger partial charge >= 0.3 is 5.97 Å². The number of halogens is 1. The van der Waals surface area contributed by atoms with Crippen LogP contribution >= 0.6 is 15.9 Å². The maximum absolute atomic E-state index is 11.1. The fraction of sp³-hybridized carbons (Fsp3) is 0.857. The van der Waals surface area contributed by atoms with Crippen LogP contribution in [0.4, 0.5) is 0 Å². The Labute approximate surface area is 69.1 Å². The van der Waals surface area contributed by atoms with Crippen molar-refractivity contribution in [2.24, 2.45) is 0 Å². The van der Waals surface area contributed by atoms with Crippen molar-refractivity contribution < 1.29 is 9.53 Å². The highest BCUT2D eigenvalue weighted by Crippen LogP contribution is 2.45. The number of esters is 1. The minimum Gasteiger partial charge on any atom is -0.462 e. The van der Waals surface area contributed by atoms with Gasteiger partial charge < -0.3 is 4.74 Å². The first-order valence-corrected chi connectivity index (χ1v) is 4.24. The van der Waals surface area contributed by atoms with Crippen molar-refractivity contribution in [2.75, 3.05) is 0 Å². The summed E-state index contributed by atoms with van der Waals surface area (Å²) in [5.74, 6) is -0.109. The molecule has 3 heteroatoms. The molecule has 0 N–H and O–H groups in total. The summed E-state index contributed by atoms with van der Waals surface area (Å²) in [7, 11) is 0. The monoisotopic (exact) mass is 206 g/mol. The Morgan fingerprint density at radius 3 is 2.40 bits per heavy atom. The molecule has 58 valence electrons. The zero-order valence-corrected chi connectivity index (χ0v) is 7.77. The van der Waals surface area contributed by atoms with Crippen LogP contribution in [0, 0.1) is 0 Å². The Hall–Kier alpha value is -0.0500. The molecule has 1 fully saturated rings. The number of ether oxygens (including phenoxy) is 1. The van der Waals surface area contributed by atoms with Gasteiger partial charge in [-0.3, -0.25) is 4.79 Å². The van der Waals surface area contributed by atoms with Crippen molar-refractivity contribution in [3.05, 3.63) is 0 Å². The number of hydrogen-bond donors (Lipinski definition) is 0. The first-order valence-electron chi connectivity index (χ1n) is 3.44. The van der Waals surface area contributed by atoms with E-state index in [4.69, 9.17) is 4.74 Å². The fourth-order valence-corrected chi connectivity index (χ4v) is 0.925. The van der Waals surface area contributed by atoms with E-state index in [1.165, 1.54) is 0 Å². The maximum atomic E-state index is 11.1. The molecule has 0 unspecified atom stereocenters. The summed E-state index contributed by atoms with van der Waals surface area (Å²) in [5.41, 5.74) is 0. The Morgan fingerprint density at radius 2 is 2.10 bits per heavy atom. The molecule has 0 aromatic rings. The molecule has 0 spiro atoms. The van der Waals surface area contributed by atoms with Crippen molar-refractivity contribution in [3.63, 3.8) is 0 Å². The van der Waals surface area contributed by atoms with Gasteiger partial charge in [0.1, 0.15) is 4.32 Å². The van der Waals surface area contributed by atoms with Gasteiger partial charge in [0.25, 0.3) is 0 Å². The molecule has 10 heavy (non-hydrogen) atoms. The average Bonchev–Trinajstić information content (AvgIpc) is 2.47. The van der Waals surface area contributed by atoms with Gasteiger partial charge in [0, 0.05) is 0 Å². The molecule has 0 aromatic carbocycles. The van der Waals surface area contributed by atoms with Crippen molar-refractivity contribution in [2.45, 2.75) is 37.1 Å². The Bertz CT molecular complexity index is 150. The molecule has 0 aromatic heterocycles. The Kier molecular flexibility index (Phi) is 2.04. The van der Waals surface area contributed by atoms with Crippen LogP contribution in [0.2, 0.25) is 0 Å². The number of hydrogen-bond acceptors (Lipinski definition) is 2. The van der Waals surface area contributed by atoms with E-state index in [-0.39, 0.29) is 16.4 Å². The van der Waals surface area contributed by atoms with Crippen molar-refractivity contribution in [1.29, 1.82) is 0 Å². The molecule has 0 atom stereocenters. The number of carbonyl (C=O) groups is 1. The third kappa shape index (κ3) is 1.72. The van der Waals surface area contributed by atoms with Crippen LogP contribution < -0.4 is 0 Å². The van der Waals surface area contributed by atoms with Gasteiger partial charge in [0.05, 0.1) is 6.10 Å². The van der Waals surface area contributed by atoms with E-state index in [1.807, 2.05) is 13.8 Å². The number of carbonyl (C=O) groups excluding carboxylic acids is 1. The van der Waals surface area contributed by atoms with Gasteiger partial charge in [-0.15, -0.1) is 0 Å². The van der Waals surface area contributed by atoms with E-state index in [0.717, 1.165) is 12.8 Å². The highest BCUT2D eigenvalue weighted by atomic mass is 79.9. The molecule has 0 heterocycles. The van der Waals surface area contributed by atoms with E-state index >= 15 is 0 Å². The lowest BCUT2D eigenvalue weighted by molar-refractivity contribution is -0.147. The second-order valence-electron chi connectivity index (χ2n) is 2.92. The lowest BCUT2D eigenvalue weighted by atomic mass is 10.4. The molecule has 1 saturated carbocycles.